The molecule has 1 N–H and O–H groups in total. The molecule has 0 bridgehead atoms. The Bertz CT molecular complexity index is 290. The number of ketones is 1. The molecule has 0 aromatic heterocycles. The molecule has 1 rings (SSSR count). The van der Waals surface area contributed by atoms with Crippen LogP contribution in [0.15, 0.2) is 16.3 Å². The zero-order chi connectivity index (χ0) is 10.6. The number of carbonyl (C=O) groups excluding carboxylic acids is 1. The van der Waals surface area contributed by atoms with E-state index >= 15 is 0 Å². The molecule has 0 fully saturated rings. The second-order valence-corrected chi connectivity index (χ2v) is 3.56. The Hall–Kier alpha value is -1.12. The maximum absolute atomic E-state index is 11.2. The molecular weight excluding hydrogens is 178 g/mol. The van der Waals surface area contributed by atoms with Crippen LogP contribution >= 0.6 is 0 Å². The highest BCUT2D eigenvalue weighted by molar-refractivity contribution is 6.23. The predicted octanol–water partition coefficient (Wildman–Crippen LogP) is 2.42. The molecule has 78 valence electrons. The molecule has 0 saturated heterocycles. The summed E-state index contributed by atoms with van der Waals surface area (Å²) in [7, 11) is 0. The average molecular weight is 195 g/mol. The van der Waals surface area contributed by atoms with Crippen molar-refractivity contribution < 1.29 is 9.90 Å². The van der Waals surface area contributed by atoms with E-state index < -0.39 is 0 Å². The van der Waals surface area contributed by atoms with E-state index in [9.17, 15) is 9.90 Å². The van der Waals surface area contributed by atoms with Gasteiger partial charge in [0.2, 0.25) is 0 Å². The molecule has 0 amide bonds. The summed E-state index contributed by atoms with van der Waals surface area (Å²) in [6.07, 6.45) is 3.42. The minimum absolute atomic E-state index is 0.0738. The fourth-order valence-corrected chi connectivity index (χ4v) is 1.59. The van der Waals surface area contributed by atoms with E-state index in [1.54, 1.807) is 0 Å². The Morgan fingerprint density at radius 1 is 1.50 bits per heavy atom. The second kappa shape index (κ2) is 4.94. The Balaban J connectivity index is 2.72. The molecule has 0 saturated carbocycles. The van der Waals surface area contributed by atoms with Crippen LogP contribution in [-0.2, 0) is 4.79 Å². The molecule has 14 heavy (non-hydrogen) atoms. The van der Waals surface area contributed by atoms with E-state index in [1.165, 1.54) is 6.92 Å². The smallest absolute Gasteiger partial charge is 0.164 e. The van der Waals surface area contributed by atoms with Crippen molar-refractivity contribution in [1.29, 1.82) is 0 Å². The van der Waals surface area contributed by atoms with Gasteiger partial charge in [-0.25, -0.2) is 0 Å². The predicted molar refractivity (Wildman–Crippen MR) is 56.8 cm³/mol. The third kappa shape index (κ3) is 2.44. The first-order chi connectivity index (χ1) is 6.66. The van der Waals surface area contributed by atoms with Gasteiger partial charge in [-0.15, -0.1) is 0 Å². The first-order valence-electron chi connectivity index (χ1n) is 5.13. The van der Waals surface area contributed by atoms with Crippen LogP contribution in [0.25, 0.3) is 0 Å². The number of aliphatic hydroxyl groups is 1. The number of allylic oxidation sites excluding steroid dienone is 2. The summed E-state index contributed by atoms with van der Waals surface area (Å²) in [5.74, 6) is 0.142. The van der Waals surface area contributed by atoms with E-state index in [2.05, 4.69) is 11.9 Å². The highest BCUT2D eigenvalue weighted by Gasteiger charge is 2.23. The molecule has 1 aliphatic rings. The number of aliphatic imine (C=N–C) groups is 1. The van der Waals surface area contributed by atoms with Gasteiger partial charge in [0, 0.05) is 18.7 Å². The summed E-state index contributed by atoms with van der Waals surface area (Å²) in [5, 5.41) is 9.46. The van der Waals surface area contributed by atoms with Crippen LogP contribution in [-0.4, -0.2) is 23.1 Å². The van der Waals surface area contributed by atoms with Crippen LogP contribution in [0, 0.1) is 0 Å². The number of hydrogen-bond acceptors (Lipinski definition) is 3. The van der Waals surface area contributed by atoms with Crippen molar-refractivity contribution in [2.45, 2.75) is 39.5 Å². The van der Waals surface area contributed by atoms with Crippen LogP contribution < -0.4 is 0 Å². The normalized spacial score (nSPS) is 19.4. The maximum Gasteiger partial charge on any atom is 0.164 e. The summed E-state index contributed by atoms with van der Waals surface area (Å²) >= 11 is 0. The Kier molecular flexibility index (Phi) is 3.86. The standard InChI is InChI=1S/C11H17NO2/c1-3-4-7-12-9-5-6-10(14)11(9)8(2)13/h14H,3-7H2,1-2H3. The highest BCUT2D eigenvalue weighted by Crippen LogP contribution is 2.22. The van der Waals surface area contributed by atoms with Gasteiger partial charge in [-0.2, -0.15) is 0 Å². The summed E-state index contributed by atoms with van der Waals surface area (Å²) in [6, 6.07) is 0. The Morgan fingerprint density at radius 2 is 2.21 bits per heavy atom. The topological polar surface area (TPSA) is 49.7 Å². The average Bonchev–Trinajstić information content (AvgIpc) is 2.47. The first kappa shape index (κ1) is 11.0. The van der Waals surface area contributed by atoms with Crippen LogP contribution in [0.4, 0.5) is 0 Å². The van der Waals surface area contributed by atoms with E-state index in [1.807, 2.05) is 0 Å². The minimum Gasteiger partial charge on any atom is -0.511 e. The number of nitrogens with zero attached hydrogens (tertiary/aromatic N) is 1. The third-order valence-electron chi connectivity index (χ3n) is 2.34. The van der Waals surface area contributed by atoms with Crippen molar-refractivity contribution in [3.8, 4) is 0 Å². The molecule has 0 aliphatic heterocycles. The molecule has 0 aromatic rings. The van der Waals surface area contributed by atoms with Gasteiger partial charge in [-0.3, -0.25) is 9.79 Å². The van der Waals surface area contributed by atoms with Crippen molar-refractivity contribution in [2.75, 3.05) is 6.54 Å². The number of Topliss-reactive ketones (excluding diaryl/α,β-unsaturated/α-hetero) is 1. The van der Waals surface area contributed by atoms with E-state index in [0.29, 0.717) is 18.4 Å². The lowest BCUT2D eigenvalue weighted by Crippen LogP contribution is -2.07. The second-order valence-electron chi connectivity index (χ2n) is 3.56. The van der Waals surface area contributed by atoms with Crippen molar-refractivity contribution in [1.82, 2.24) is 0 Å². The number of aliphatic hydroxyl groups excluding tert-OH is 1. The molecule has 0 radical (unpaired) electrons. The van der Waals surface area contributed by atoms with Crippen molar-refractivity contribution in [3.63, 3.8) is 0 Å². The summed E-state index contributed by atoms with van der Waals surface area (Å²) in [5.41, 5.74) is 1.25. The molecular formula is C11H17NO2. The fraction of sp³-hybridized carbons (Fsp3) is 0.636. The lowest BCUT2D eigenvalue weighted by molar-refractivity contribution is -0.113. The van der Waals surface area contributed by atoms with Crippen LogP contribution in [0.2, 0.25) is 0 Å². The molecule has 0 spiro atoms. The van der Waals surface area contributed by atoms with Gasteiger partial charge >= 0.3 is 0 Å². The lowest BCUT2D eigenvalue weighted by atomic mass is 10.1. The molecule has 0 unspecified atom stereocenters. The summed E-state index contributed by atoms with van der Waals surface area (Å²) < 4.78 is 0. The molecule has 1 aliphatic carbocycles. The molecule has 3 heteroatoms. The molecule has 0 heterocycles. The number of hydrogen-bond donors (Lipinski definition) is 1. The van der Waals surface area contributed by atoms with Crippen LogP contribution in [0.1, 0.15) is 39.5 Å². The highest BCUT2D eigenvalue weighted by atomic mass is 16.3. The van der Waals surface area contributed by atoms with Gasteiger partial charge in [-0.1, -0.05) is 13.3 Å². The van der Waals surface area contributed by atoms with Gasteiger partial charge < -0.3 is 5.11 Å². The monoisotopic (exact) mass is 195 g/mol. The first-order valence-corrected chi connectivity index (χ1v) is 5.13. The molecule has 0 aromatic carbocycles. The Morgan fingerprint density at radius 3 is 2.79 bits per heavy atom. The van der Waals surface area contributed by atoms with Crippen molar-refractivity contribution >= 4 is 11.5 Å². The third-order valence-corrected chi connectivity index (χ3v) is 2.34. The van der Waals surface area contributed by atoms with E-state index in [4.69, 9.17) is 0 Å². The zero-order valence-corrected chi connectivity index (χ0v) is 8.84. The maximum atomic E-state index is 11.2. The zero-order valence-electron chi connectivity index (χ0n) is 8.84. The lowest BCUT2D eigenvalue weighted by Gasteiger charge is -2.00. The van der Waals surface area contributed by atoms with Crippen LogP contribution in [0.5, 0.6) is 0 Å². The van der Waals surface area contributed by atoms with Gasteiger partial charge in [-0.05, 0) is 19.8 Å². The largest absolute Gasteiger partial charge is 0.511 e. The Labute approximate surface area is 84.5 Å². The molecule has 0 atom stereocenters. The van der Waals surface area contributed by atoms with Gasteiger partial charge in [0.25, 0.3) is 0 Å². The van der Waals surface area contributed by atoms with E-state index in [0.717, 1.165) is 25.1 Å². The summed E-state index contributed by atoms with van der Waals surface area (Å²) in [6.45, 7) is 4.34. The SMILES string of the molecule is CCCCN=C1CCC(O)=C1C(C)=O. The minimum atomic E-state index is -0.0738. The number of carbonyl (C=O) groups is 1. The van der Waals surface area contributed by atoms with Gasteiger partial charge in [0.05, 0.1) is 5.57 Å². The van der Waals surface area contributed by atoms with Gasteiger partial charge in [0.1, 0.15) is 5.76 Å². The number of rotatable bonds is 4. The van der Waals surface area contributed by atoms with Gasteiger partial charge in [0.15, 0.2) is 5.78 Å². The number of unbranched alkanes of at least 4 members (excludes halogenated alkanes) is 1. The van der Waals surface area contributed by atoms with Crippen LogP contribution in [0.3, 0.4) is 0 Å². The van der Waals surface area contributed by atoms with Crippen molar-refractivity contribution in [2.24, 2.45) is 4.99 Å². The summed E-state index contributed by atoms with van der Waals surface area (Å²) in [4.78, 5) is 15.5. The van der Waals surface area contributed by atoms with E-state index in [-0.39, 0.29) is 11.5 Å². The quantitative estimate of drug-likeness (QED) is 0.700. The van der Waals surface area contributed by atoms with Crippen molar-refractivity contribution in [3.05, 3.63) is 11.3 Å². The fourth-order valence-electron chi connectivity index (χ4n) is 1.59. The molecule has 3 nitrogen and oxygen atoms in total.